The molecule has 0 aliphatic rings. The van der Waals surface area contributed by atoms with Gasteiger partial charge in [-0.3, -0.25) is 9.59 Å². The van der Waals surface area contributed by atoms with Crippen molar-refractivity contribution in [3.8, 4) is 5.75 Å². The first-order valence-electron chi connectivity index (χ1n) is 8.88. The highest BCUT2D eigenvalue weighted by Crippen LogP contribution is 2.30. The normalized spacial score (nSPS) is 10.9. The van der Waals surface area contributed by atoms with Crippen LogP contribution in [0.1, 0.15) is 15.9 Å². The highest BCUT2D eigenvalue weighted by Gasteiger charge is 2.30. The van der Waals surface area contributed by atoms with Gasteiger partial charge in [-0.15, -0.1) is 0 Å². The molecule has 8 heteroatoms. The molecule has 30 heavy (non-hydrogen) atoms. The Hall–Kier alpha value is -3.81. The maximum atomic E-state index is 12.6. The first-order valence-corrected chi connectivity index (χ1v) is 8.88. The van der Waals surface area contributed by atoms with Crippen molar-refractivity contribution in [3.63, 3.8) is 0 Å². The first-order chi connectivity index (χ1) is 14.3. The number of ether oxygens (including phenoxy) is 1. The maximum Gasteiger partial charge on any atom is 0.416 e. The summed E-state index contributed by atoms with van der Waals surface area (Å²) in [6.07, 6.45) is -4.44. The molecule has 0 aliphatic carbocycles. The van der Waals surface area contributed by atoms with Crippen LogP contribution in [-0.2, 0) is 11.0 Å². The Morgan fingerprint density at radius 2 is 1.33 bits per heavy atom. The summed E-state index contributed by atoms with van der Waals surface area (Å²) in [6, 6.07) is 19.3. The van der Waals surface area contributed by atoms with Crippen LogP contribution in [0.4, 0.5) is 24.5 Å². The van der Waals surface area contributed by atoms with Crippen LogP contribution in [0.25, 0.3) is 0 Å². The smallest absolute Gasteiger partial charge is 0.416 e. The fourth-order valence-electron chi connectivity index (χ4n) is 2.56. The summed E-state index contributed by atoms with van der Waals surface area (Å²) in [5.74, 6) is -0.738. The van der Waals surface area contributed by atoms with E-state index in [-0.39, 0.29) is 11.7 Å². The van der Waals surface area contributed by atoms with Crippen LogP contribution in [0.3, 0.4) is 0 Å². The maximum absolute atomic E-state index is 12.6. The molecule has 0 unspecified atom stereocenters. The molecule has 3 rings (SSSR count). The van der Waals surface area contributed by atoms with E-state index in [0.29, 0.717) is 16.9 Å². The lowest BCUT2D eigenvalue weighted by atomic mass is 10.2. The van der Waals surface area contributed by atoms with Gasteiger partial charge in [-0.25, -0.2) is 0 Å². The van der Waals surface area contributed by atoms with Crippen molar-refractivity contribution in [2.45, 2.75) is 6.18 Å². The number of hydrogen-bond donors (Lipinski definition) is 2. The molecule has 0 saturated carbocycles. The third-order valence-electron chi connectivity index (χ3n) is 4.04. The number of amides is 2. The Morgan fingerprint density at radius 3 is 1.93 bits per heavy atom. The lowest BCUT2D eigenvalue weighted by Crippen LogP contribution is -2.21. The molecule has 0 aromatic heterocycles. The number of hydrogen-bond acceptors (Lipinski definition) is 3. The van der Waals surface area contributed by atoms with Gasteiger partial charge >= 0.3 is 6.18 Å². The fourth-order valence-corrected chi connectivity index (χ4v) is 2.56. The van der Waals surface area contributed by atoms with Gasteiger partial charge in [0, 0.05) is 5.56 Å². The van der Waals surface area contributed by atoms with Gasteiger partial charge in [0.15, 0.2) is 6.61 Å². The van der Waals surface area contributed by atoms with Crippen molar-refractivity contribution in [1.29, 1.82) is 0 Å². The van der Waals surface area contributed by atoms with Crippen molar-refractivity contribution in [1.82, 2.24) is 0 Å². The molecule has 2 N–H and O–H groups in total. The molecule has 5 nitrogen and oxygen atoms in total. The van der Waals surface area contributed by atoms with Crippen LogP contribution >= 0.6 is 0 Å². The van der Waals surface area contributed by atoms with E-state index in [0.717, 1.165) is 24.3 Å². The summed E-state index contributed by atoms with van der Waals surface area (Å²) in [5.41, 5.74) is 0.420. The van der Waals surface area contributed by atoms with Gasteiger partial charge in [0.25, 0.3) is 11.8 Å². The molecule has 0 bridgehead atoms. The molecular formula is C22H17F3N2O3. The number of benzene rings is 3. The van der Waals surface area contributed by atoms with Crippen molar-refractivity contribution < 1.29 is 27.5 Å². The molecule has 3 aromatic carbocycles. The van der Waals surface area contributed by atoms with Crippen molar-refractivity contribution >= 4 is 23.2 Å². The molecule has 0 heterocycles. The predicted molar refractivity (Wildman–Crippen MR) is 106 cm³/mol. The average molecular weight is 414 g/mol. The summed E-state index contributed by atoms with van der Waals surface area (Å²) in [5, 5.41) is 5.34. The van der Waals surface area contributed by atoms with Gasteiger partial charge in [-0.05, 0) is 48.5 Å². The SMILES string of the molecule is O=C(COc1ccc(C(F)(F)F)cc1)Nc1ccccc1NC(=O)c1ccccc1. The van der Waals surface area contributed by atoms with Crippen LogP contribution < -0.4 is 15.4 Å². The number of anilines is 2. The zero-order valence-electron chi connectivity index (χ0n) is 15.6. The fraction of sp³-hybridized carbons (Fsp3) is 0.0909. The molecule has 2 amide bonds. The standard InChI is InChI=1S/C22H17F3N2O3/c23-22(24,25)16-10-12-17(13-11-16)30-14-20(28)26-18-8-4-5-9-19(18)27-21(29)15-6-2-1-3-7-15/h1-13H,14H2,(H,26,28)(H,27,29). The zero-order chi connectivity index (χ0) is 21.6. The molecule has 0 radical (unpaired) electrons. The molecule has 0 spiro atoms. The van der Waals surface area contributed by atoms with Gasteiger partial charge in [0.05, 0.1) is 16.9 Å². The van der Waals surface area contributed by atoms with Crippen LogP contribution in [0, 0.1) is 0 Å². The van der Waals surface area contributed by atoms with Gasteiger partial charge in [0.1, 0.15) is 5.75 Å². The second kappa shape index (κ2) is 9.13. The Kier molecular flexibility index (Phi) is 6.36. The van der Waals surface area contributed by atoms with E-state index in [9.17, 15) is 22.8 Å². The monoisotopic (exact) mass is 414 g/mol. The molecule has 0 fully saturated rings. The Labute approximate surface area is 170 Å². The minimum atomic E-state index is -4.44. The molecule has 0 saturated heterocycles. The largest absolute Gasteiger partial charge is 0.484 e. The molecular weight excluding hydrogens is 397 g/mol. The molecule has 3 aromatic rings. The second-order valence-corrected chi connectivity index (χ2v) is 6.22. The van der Waals surface area contributed by atoms with Crippen LogP contribution in [-0.4, -0.2) is 18.4 Å². The van der Waals surface area contributed by atoms with E-state index in [2.05, 4.69) is 10.6 Å². The van der Waals surface area contributed by atoms with E-state index in [1.807, 2.05) is 0 Å². The first kappa shape index (κ1) is 20.9. The van der Waals surface area contributed by atoms with Crippen LogP contribution in [0.5, 0.6) is 5.75 Å². The molecule has 0 atom stereocenters. The quantitative estimate of drug-likeness (QED) is 0.598. The van der Waals surface area contributed by atoms with E-state index < -0.39 is 24.3 Å². The second-order valence-electron chi connectivity index (χ2n) is 6.22. The van der Waals surface area contributed by atoms with Crippen LogP contribution in [0.2, 0.25) is 0 Å². The average Bonchev–Trinajstić information content (AvgIpc) is 2.74. The number of alkyl halides is 3. The highest BCUT2D eigenvalue weighted by molar-refractivity contribution is 6.07. The summed E-state index contributed by atoms with van der Waals surface area (Å²) in [6.45, 7) is -0.410. The number of halogens is 3. The summed E-state index contributed by atoms with van der Waals surface area (Å²) >= 11 is 0. The van der Waals surface area contributed by atoms with Gasteiger partial charge < -0.3 is 15.4 Å². The van der Waals surface area contributed by atoms with E-state index >= 15 is 0 Å². The van der Waals surface area contributed by atoms with Gasteiger partial charge in [-0.2, -0.15) is 13.2 Å². The minimum absolute atomic E-state index is 0.129. The Balaban J connectivity index is 1.60. The topological polar surface area (TPSA) is 67.4 Å². The molecule has 0 aliphatic heterocycles. The van der Waals surface area contributed by atoms with E-state index in [4.69, 9.17) is 4.74 Å². The number of nitrogens with one attached hydrogen (secondary N) is 2. The van der Waals surface area contributed by atoms with E-state index in [1.54, 1.807) is 54.6 Å². The predicted octanol–water partition coefficient (Wildman–Crippen LogP) is 4.98. The minimum Gasteiger partial charge on any atom is -0.484 e. The van der Waals surface area contributed by atoms with Gasteiger partial charge in [-0.1, -0.05) is 30.3 Å². The van der Waals surface area contributed by atoms with Crippen molar-refractivity contribution in [2.75, 3.05) is 17.2 Å². The Morgan fingerprint density at radius 1 is 0.767 bits per heavy atom. The summed E-state index contributed by atoms with van der Waals surface area (Å²) in [4.78, 5) is 24.5. The third-order valence-corrected chi connectivity index (χ3v) is 4.04. The molecule has 154 valence electrons. The van der Waals surface area contributed by atoms with Crippen molar-refractivity contribution in [2.24, 2.45) is 0 Å². The van der Waals surface area contributed by atoms with E-state index in [1.165, 1.54) is 0 Å². The Bertz CT molecular complexity index is 1020. The van der Waals surface area contributed by atoms with Crippen LogP contribution in [0.15, 0.2) is 78.9 Å². The number of carbonyl (C=O) groups excluding carboxylic acids is 2. The third kappa shape index (κ3) is 5.60. The summed E-state index contributed by atoms with van der Waals surface area (Å²) < 4.78 is 43.0. The highest BCUT2D eigenvalue weighted by atomic mass is 19.4. The van der Waals surface area contributed by atoms with Crippen molar-refractivity contribution in [3.05, 3.63) is 90.0 Å². The summed E-state index contributed by atoms with van der Waals surface area (Å²) in [7, 11) is 0. The zero-order valence-corrected chi connectivity index (χ0v) is 15.6. The number of rotatable bonds is 6. The lowest BCUT2D eigenvalue weighted by molar-refractivity contribution is -0.137. The number of carbonyl (C=O) groups is 2. The lowest BCUT2D eigenvalue weighted by Gasteiger charge is -2.13. The van der Waals surface area contributed by atoms with Gasteiger partial charge in [0.2, 0.25) is 0 Å². The number of para-hydroxylation sites is 2.